The van der Waals surface area contributed by atoms with Crippen molar-refractivity contribution in [1.82, 2.24) is 9.78 Å². The lowest BCUT2D eigenvalue weighted by atomic mass is 10.3. The molecule has 0 spiro atoms. The smallest absolute Gasteiger partial charge is 0.387 e. The van der Waals surface area contributed by atoms with Crippen LogP contribution in [0.25, 0.3) is 5.69 Å². The third-order valence-electron chi connectivity index (χ3n) is 2.34. The largest absolute Gasteiger partial charge is 0.476 e. The Bertz CT molecular complexity index is 700. The molecule has 6 nitrogen and oxygen atoms in total. The first-order valence-corrected chi connectivity index (χ1v) is 5.36. The highest BCUT2D eigenvalue weighted by molar-refractivity contribution is 5.84. The van der Waals surface area contributed by atoms with Crippen LogP contribution in [0.15, 0.2) is 41.3 Å². The van der Waals surface area contributed by atoms with Crippen LogP contribution in [0.3, 0.4) is 0 Å². The Morgan fingerprint density at radius 3 is 2.65 bits per heavy atom. The molecule has 0 aliphatic heterocycles. The first kappa shape index (κ1) is 13.7. The van der Waals surface area contributed by atoms with Crippen LogP contribution in [0.5, 0.6) is 5.75 Å². The fourth-order valence-electron chi connectivity index (χ4n) is 1.53. The number of halogens is 2. The SMILES string of the molecule is O=C(O)c1nn(-c2ccccc2OC(F)F)ccc1=O. The lowest BCUT2D eigenvalue weighted by molar-refractivity contribution is -0.0499. The molecule has 0 atom stereocenters. The minimum absolute atomic E-state index is 0.0929. The van der Waals surface area contributed by atoms with E-state index in [0.29, 0.717) is 0 Å². The van der Waals surface area contributed by atoms with E-state index in [1.165, 1.54) is 30.5 Å². The number of aromatic nitrogens is 2. The highest BCUT2D eigenvalue weighted by Crippen LogP contribution is 2.23. The van der Waals surface area contributed by atoms with Gasteiger partial charge in [0.2, 0.25) is 11.1 Å². The van der Waals surface area contributed by atoms with Crippen molar-refractivity contribution in [3.8, 4) is 11.4 Å². The molecule has 2 rings (SSSR count). The average molecular weight is 282 g/mol. The Hall–Kier alpha value is -2.77. The molecule has 104 valence electrons. The standard InChI is InChI=1S/C12H8F2N2O4/c13-12(14)20-9-4-2-1-3-7(9)16-6-5-8(17)10(15-16)11(18)19/h1-6,12H,(H,18,19). The molecule has 0 aliphatic rings. The Morgan fingerprint density at radius 2 is 2.00 bits per heavy atom. The molecule has 0 saturated heterocycles. The van der Waals surface area contributed by atoms with Crippen LogP contribution in [0, 0.1) is 0 Å². The van der Waals surface area contributed by atoms with Crippen molar-refractivity contribution in [2.24, 2.45) is 0 Å². The summed E-state index contributed by atoms with van der Waals surface area (Å²) in [5, 5.41) is 12.4. The summed E-state index contributed by atoms with van der Waals surface area (Å²) >= 11 is 0. The second-order valence-electron chi connectivity index (χ2n) is 3.62. The van der Waals surface area contributed by atoms with Crippen molar-refractivity contribution in [3.05, 3.63) is 52.4 Å². The predicted molar refractivity (Wildman–Crippen MR) is 63.4 cm³/mol. The van der Waals surface area contributed by atoms with Gasteiger partial charge in [-0.1, -0.05) is 12.1 Å². The van der Waals surface area contributed by atoms with Gasteiger partial charge in [-0.25, -0.2) is 9.48 Å². The summed E-state index contributed by atoms with van der Waals surface area (Å²) in [7, 11) is 0. The number of para-hydroxylation sites is 2. The zero-order valence-electron chi connectivity index (χ0n) is 9.86. The van der Waals surface area contributed by atoms with Gasteiger partial charge in [0, 0.05) is 12.3 Å². The van der Waals surface area contributed by atoms with Gasteiger partial charge in [0.05, 0.1) is 0 Å². The van der Waals surface area contributed by atoms with Gasteiger partial charge in [-0.15, -0.1) is 0 Å². The molecule has 0 amide bonds. The normalized spacial score (nSPS) is 10.6. The van der Waals surface area contributed by atoms with Crippen LogP contribution < -0.4 is 10.2 Å². The van der Waals surface area contributed by atoms with Crippen molar-refractivity contribution >= 4 is 5.97 Å². The molecule has 0 unspecified atom stereocenters. The van der Waals surface area contributed by atoms with E-state index < -0.39 is 23.7 Å². The molecular formula is C12H8F2N2O4. The molecule has 0 fully saturated rings. The molecule has 2 aromatic rings. The van der Waals surface area contributed by atoms with Crippen LogP contribution in [0.4, 0.5) is 8.78 Å². The van der Waals surface area contributed by atoms with Crippen LogP contribution in [-0.4, -0.2) is 27.5 Å². The number of carboxylic acids is 1. The molecule has 0 aliphatic carbocycles. The molecular weight excluding hydrogens is 274 g/mol. The number of nitrogens with zero attached hydrogens (tertiary/aromatic N) is 2. The van der Waals surface area contributed by atoms with Gasteiger partial charge in [-0.05, 0) is 12.1 Å². The first-order valence-electron chi connectivity index (χ1n) is 5.36. The second-order valence-corrected chi connectivity index (χ2v) is 3.62. The number of ether oxygens (including phenoxy) is 1. The number of carboxylic acid groups (broad SMARTS) is 1. The van der Waals surface area contributed by atoms with E-state index in [-0.39, 0.29) is 11.4 Å². The number of carbonyl (C=O) groups is 1. The molecule has 0 radical (unpaired) electrons. The molecule has 0 saturated carbocycles. The summed E-state index contributed by atoms with van der Waals surface area (Å²) in [5.41, 5.74) is -1.39. The van der Waals surface area contributed by atoms with Gasteiger partial charge >= 0.3 is 12.6 Å². The molecule has 8 heteroatoms. The monoisotopic (exact) mass is 282 g/mol. The molecule has 1 aromatic heterocycles. The number of benzene rings is 1. The summed E-state index contributed by atoms with van der Waals surface area (Å²) in [4.78, 5) is 22.1. The Morgan fingerprint density at radius 1 is 1.30 bits per heavy atom. The Balaban J connectivity index is 2.54. The Labute approximate surface area is 110 Å². The quantitative estimate of drug-likeness (QED) is 0.919. The van der Waals surface area contributed by atoms with Gasteiger partial charge in [0.1, 0.15) is 5.69 Å². The van der Waals surface area contributed by atoms with Crippen LogP contribution >= 0.6 is 0 Å². The zero-order chi connectivity index (χ0) is 14.7. The number of alkyl halides is 2. The number of hydrogen-bond donors (Lipinski definition) is 1. The number of aromatic carboxylic acids is 1. The van der Waals surface area contributed by atoms with E-state index in [9.17, 15) is 18.4 Å². The van der Waals surface area contributed by atoms with Crippen LogP contribution in [0.1, 0.15) is 10.5 Å². The van der Waals surface area contributed by atoms with Gasteiger partial charge < -0.3 is 9.84 Å². The maximum absolute atomic E-state index is 12.3. The molecule has 1 aromatic carbocycles. The molecule has 1 N–H and O–H groups in total. The second kappa shape index (κ2) is 5.47. The van der Waals surface area contributed by atoms with Crippen molar-refractivity contribution in [3.63, 3.8) is 0 Å². The van der Waals surface area contributed by atoms with Crippen LogP contribution in [0.2, 0.25) is 0 Å². The van der Waals surface area contributed by atoms with E-state index in [1.54, 1.807) is 0 Å². The van der Waals surface area contributed by atoms with Crippen molar-refractivity contribution in [2.75, 3.05) is 0 Å². The average Bonchev–Trinajstić information content (AvgIpc) is 2.39. The van der Waals surface area contributed by atoms with Crippen LogP contribution in [-0.2, 0) is 0 Å². The van der Waals surface area contributed by atoms with E-state index in [0.717, 1.165) is 10.7 Å². The first-order chi connectivity index (χ1) is 9.49. The molecule has 20 heavy (non-hydrogen) atoms. The lowest BCUT2D eigenvalue weighted by Crippen LogP contribution is -2.20. The predicted octanol–water partition coefficient (Wildman–Crippen LogP) is 1.53. The fourth-order valence-corrected chi connectivity index (χ4v) is 1.53. The third kappa shape index (κ3) is 2.79. The lowest BCUT2D eigenvalue weighted by Gasteiger charge is -2.11. The van der Waals surface area contributed by atoms with Gasteiger partial charge in [0.15, 0.2) is 5.75 Å². The fraction of sp³-hybridized carbons (Fsp3) is 0.0833. The van der Waals surface area contributed by atoms with E-state index in [4.69, 9.17) is 5.11 Å². The summed E-state index contributed by atoms with van der Waals surface area (Å²) in [6.45, 7) is -3.03. The van der Waals surface area contributed by atoms with E-state index in [2.05, 4.69) is 9.84 Å². The van der Waals surface area contributed by atoms with E-state index >= 15 is 0 Å². The summed E-state index contributed by atoms with van der Waals surface area (Å²) < 4.78 is 29.9. The van der Waals surface area contributed by atoms with Crippen molar-refractivity contribution < 1.29 is 23.4 Å². The summed E-state index contributed by atoms with van der Waals surface area (Å²) in [6, 6.07) is 6.67. The zero-order valence-corrected chi connectivity index (χ0v) is 9.86. The van der Waals surface area contributed by atoms with Gasteiger partial charge in [-0.3, -0.25) is 4.79 Å². The Kier molecular flexibility index (Phi) is 3.74. The molecule has 1 heterocycles. The summed E-state index contributed by atoms with van der Waals surface area (Å²) in [5.74, 6) is -1.69. The van der Waals surface area contributed by atoms with Crippen molar-refractivity contribution in [1.29, 1.82) is 0 Å². The minimum atomic E-state index is -3.03. The summed E-state index contributed by atoms with van der Waals surface area (Å²) in [6.07, 6.45) is 1.17. The maximum atomic E-state index is 12.3. The van der Waals surface area contributed by atoms with Crippen molar-refractivity contribution in [2.45, 2.75) is 6.61 Å². The topological polar surface area (TPSA) is 81.4 Å². The highest BCUT2D eigenvalue weighted by atomic mass is 19.3. The minimum Gasteiger partial charge on any atom is -0.476 e. The number of rotatable bonds is 4. The van der Waals surface area contributed by atoms with Gasteiger partial charge in [0.25, 0.3) is 0 Å². The number of hydrogen-bond acceptors (Lipinski definition) is 4. The molecule has 0 bridgehead atoms. The maximum Gasteiger partial charge on any atom is 0.387 e. The highest BCUT2D eigenvalue weighted by Gasteiger charge is 2.14. The third-order valence-corrected chi connectivity index (χ3v) is 2.34. The van der Waals surface area contributed by atoms with Gasteiger partial charge in [-0.2, -0.15) is 13.9 Å². The van der Waals surface area contributed by atoms with E-state index in [1.807, 2.05) is 0 Å².